The first-order valence-electron chi connectivity index (χ1n) is 5.82. The molecular formula is C12H17N3O2. The topological polar surface area (TPSA) is 55.3 Å². The van der Waals surface area contributed by atoms with Crippen molar-refractivity contribution in [2.24, 2.45) is 5.92 Å². The predicted molar refractivity (Wildman–Crippen MR) is 63.7 cm³/mol. The minimum atomic E-state index is -0.0972. The van der Waals surface area contributed by atoms with Gasteiger partial charge in [-0.1, -0.05) is 0 Å². The van der Waals surface area contributed by atoms with Gasteiger partial charge < -0.3 is 9.64 Å². The van der Waals surface area contributed by atoms with Gasteiger partial charge in [-0.15, -0.1) is 0 Å². The number of aromatic nitrogens is 2. The number of esters is 1. The van der Waals surface area contributed by atoms with E-state index in [1.807, 2.05) is 6.92 Å². The Kier molecular flexibility index (Phi) is 3.56. The van der Waals surface area contributed by atoms with Gasteiger partial charge in [-0.3, -0.25) is 9.78 Å². The van der Waals surface area contributed by atoms with Crippen LogP contribution < -0.4 is 4.90 Å². The summed E-state index contributed by atoms with van der Waals surface area (Å²) in [6, 6.07) is 0. The fourth-order valence-corrected chi connectivity index (χ4v) is 2.11. The molecule has 17 heavy (non-hydrogen) atoms. The molecule has 0 aromatic carbocycles. The molecule has 1 saturated heterocycles. The molecule has 0 atom stereocenters. The van der Waals surface area contributed by atoms with E-state index in [9.17, 15) is 4.79 Å². The van der Waals surface area contributed by atoms with E-state index in [0.29, 0.717) is 0 Å². The lowest BCUT2D eigenvalue weighted by molar-refractivity contribution is -0.146. The van der Waals surface area contributed by atoms with Crippen LogP contribution in [-0.4, -0.2) is 36.1 Å². The number of ether oxygens (including phenoxy) is 1. The van der Waals surface area contributed by atoms with Gasteiger partial charge in [0.05, 0.1) is 24.9 Å². The van der Waals surface area contributed by atoms with Crippen molar-refractivity contribution in [1.29, 1.82) is 0 Å². The molecule has 1 aromatic heterocycles. The number of anilines is 1. The molecule has 1 fully saturated rings. The Bertz CT molecular complexity index is 400. The summed E-state index contributed by atoms with van der Waals surface area (Å²) in [5, 5.41) is 0. The first-order valence-corrected chi connectivity index (χ1v) is 5.82. The summed E-state index contributed by atoms with van der Waals surface area (Å²) in [6.07, 6.45) is 5.15. The summed E-state index contributed by atoms with van der Waals surface area (Å²) in [7, 11) is 1.45. The van der Waals surface area contributed by atoms with Crippen molar-refractivity contribution in [2.75, 3.05) is 25.1 Å². The molecular weight excluding hydrogens is 218 g/mol. The average molecular weight is 235 g/mol. The normalized spacial score (nSPS) is 16.9. The number of piperidine rings is 1. The fourth-order valence-electron chi connectivity index (χ4n) is 2.11. The summed E-state index contributed by atoms with van der Waals surface area (Å²) in [4.78, 5) is 22.1. The van der Waals surface area contributed by atoms with Crippen LogP contribution in [0.2, 0.25) is 0 Å². The maximum absolute atomic E-state index is 11.4. The zero-order valence-corrected chi connectivity index (χ0v) is 10.2. The molecule has 0 spiro atoms. The Labute approximate surface area is 101 Å². The molecule has 1 aliphatic rings. The van der Waals surface area contributed by atoms with Crippen molar-refractivity contribution in [3.8, 4) is 0 Å². The molecule has 1 aromatic rings. The van der Waals surface area contributed by atoms with Crippen LogP contribution in [0.3, 0.4) is 0 Å². The highest BCUT2D eigenvalue weighted by Crippen LogP contribution is 2.22. The van der Waals surface area contributed by atoms with Crippen LogP contribution in [0.15, 0.2) is 12.4 Å². The summed E-state index contributed by atoms with van der Waals surface area (Å²) in [5.41, 5.74) is 0.914. The molecule has 5 heteroatoms. The second kappa shape index (κ2) is 5.12. The Balaban J connectivity index is 1.97. The summed E-state index contributed by atoms with van der Waals surface area (Å²) < 4.78 is 4.76. The number of methoxy groups -OCH3 is 1. The second-order valence-corrected chi connectivity index (χ2v) is 4.30. The minimum Gasteiger partial charge on any atom is -0.469 e. The number of carbonyl (C=O) groups is 1. The maximum Gasteiger partial charge on any atom is 0.308 e. The van der Waals surface area contributed by atoms with Gasteiger partial charge in [0.25, 0.3) is 0 Å². The van der Waals surface area contributed by atoms with Crippen LogP contribution in [0.25, 0.3) is 0 Å². The molecule has 0 bridgehead atoms. The molecule has 1 aliphatic heterocycles. The third-order valence-electron chi connectivity index (χ3n) is 3.10. The van der Waals surface area contributed by atoms with E-state index in [1.165, 1.54) is 7.11 Å². The zero-order valence-electron chi connectivity index (χ0n) is 10.2. The van der Waals surface area contributed by atoms with E-state index < -0.39 is 0 Å². The Morgan fingerprint density at radius 2 is 2.12 bits per heavy atom. The van der Waals surface area contributed by atoms with Gasteiger partial charge in [-0.2, -0.15) is 0 Å². The van der Waals surface area contributed by atoms with Crippen molar-refractivity contribution in [3.63, 3.8) is 0 Å². The van der Waals surface area contributed by atoms with Crippen molar-refractivity contribution in [2.45, 2.75) is 19.8 Å². The number of hydrogen-bond donors (Lipinski definition) is 0. The number of hydrogen-bond acceptors (Lipinski definition) is 5. The lowest BCUT2D eigenvalue weighted by Crippen LogP contribution is -2.37. The van der Waals surface area contributed by atoms with Gasteiger partial charge in [-0.05, 0) is 19.8 Å². The number of carbonyl (C=O) groups excluding carboxylic acids is 1. The zero-order chi connectivity index (χ0) is 12.3. The molecule has 0 aliphatic carbocycles. The van der Waals surface area contributed by atoms with Crippen LogP contribution in [0.1, 0.15) is 18.5 Å². The largest absolute Gasteiger partial charge is 0.469 e. The molecule has 0 amide bonds. The smallest absolute Gasteiger partial charge is 0.308 e. The Morgan fingerprint density at radius 3 is 2.71 bits per heavy atom. The van der Waals surface area contributed by atoms with Gasteiger partial charge in [0.1, 0.15) is 5.82 Å². The molecule has 92 valence electrons. The highest BCUT2D eigenvalue weighted by atomic mass is 16.5. The summed E-state index contributed by atoms with van der Waals surface area (Å²) >= 11 is 0. The van der Waals surface area contributed by atoms with Gasteiger partial charge >= 0.3 is 5.97 Å². The third kappa shape index (κ3) is 2.72. The minimum absolute atomic E-state index is 0.0361. The van der Waals surface area contributed by atoms with Crippen molar-refractivity contribution in [3.05, 3.63) is 18.1 Å². The van der Waals surface area contributed by atoms with E-state index in [1.54, 1.807) is 12.4 Å². The van der Waals surface area contributed by atoms with Crippen LogP contribution in [0.4, 0.5) is 5.82 Å². The number of nitrogens with zero attached hydrogens (tertiary/aromatic N) is 3. The van der Waals surface area contributed by atoms with E-state index >= 15 is 0 Å². The van der Waals surface area contributed by atoms with Crippen molar-refractivity contribution < 1.29 is 9.53 Å². The van der Waals surface area contributed by atoms with E-state index in [2.05, 4.69) is 14.9 Å². The lowest BCUT2D eigenvalue weighted by Gasteiger charge is -2.31. The molecule has 2 heterocycles. The van der Waals surface area contributed by atoms with Gasteiger partial charge in [0.2, 0.25) is 0 Å². The van der Waals surface area contributed by atoms with Crippen LogP contribution >= 0.6 is 0 Å². The molecule has 0 unspecified atom stereocenters. The first-order chi connectivity index (χ1) is 8.20. The summed E-state index contributed by atoms with van der Waals surface area (Å²) in [6.45, 7) is 3.59. The van der Waals surface area contributed by atoms with Crippen LogP contribution in [-0.2, 0) is 9.53 Å². The molecule has 0 radical (unpaired) electrons. The molecule has 5 nitrogen and oxygen atoms in total. The van der Waals surface area contributed by atoms with E-state index in [4.69, 9.17) is 4.74 Å². The molecule has 2 rings (SSSR count). The third-order valence-corrected chi connectivity index (χ3v) is 3.10. The predicted octanol–water partition coefficient (Wildman–Crippen LogP) is 1.17. The van der Waals surface area contributed by atoms with Gasteiger partial charge in [0.15, 0.2) is 0 Å². The Morgan fingerprint density at radius 1 is 1.41 bits per heavy atom. The van der Waals surface area contributed by atoms with Gasteiger partial charge in [-0.25, -0.2) is 4.98 Å². The summed E-state index contributed by atoms with van der Waals surface area (Å²) in [5.74, 6) is 0.835. The number of rotatable bonds is 2. The molecule has 0 saturated carbocycles. The van der Waals surface area contributed by atoms with Gasteiger partial charge in [0, 0.05) is 19.3 Å². The number of aryl methyl sites for hydroxylation is 1. The van der Waals surface area contributed by atoms with E-state index in [-0.39, 0.29) is 11.9 Å². The quantitative estimate of drug-likeness (QED) is 0.720. The van der Waals surface area contributed by atoms with Crippen LogP contribution in [0.5, 0.6) is 0 Å². The van der Waals surface area contributed by atoms with Crippen LogP contribution in [0, 0.1) is 12.8 Å². The first kappa shape index (κ1) is 11.8. The standard InChI is InChI=1S/C12H17N3O2/c1-9-7-13-8-11(14-9)15-5-3-10(4-6-15)12(16)17-2/h7-8,10H,3-6H2,1-2H3. The lowest BCUT2D eigenvalue weighted by atomic mass is 9.97. The highest BCUT2D eigenvalue weighted by molar-refractivity contribution is 5.72. The molecule has 0 N–H and O–H groups in total. The maximum atomic E-state index is 11.4. The van der Waals surface area contributed by atoms with Crippen molar-refractivity contribution >= 4 is 11.8 Å². The fraction of sp³-hybridized carbons (Fsp3) is 0.583. The highest BCUT2D eigenvalue weighted by Gasteiger charge is 2.26. The monoisotopic (exact) mass is 235 g/mol. The average Bonchev–Trinajstić information content (AvgIpc) is 2.38. The SMILES string of the molecule is COC(=O)C1CCN(c2cncc(C)n2)CC1. The van der Waals surface area contributed by atoms with Crippen molar-refractivity contribution in [1.82, 2.24) is 9.97 Å². The second-order valence-electron chi connectivity index (χ2n) is 4.30. The Hall–Kier alpha value is -1.65. The van der Waals surface area contributed by atoms with E-state index in [0.717, 1.165) is 37.4 Å².